The highest BCUT2D eigenvalue weighted by molar-refractivity contribution is 7.12. The van der Waals surface area contributed by atoms with Gasteiger partial charge in [-0.3, -0.25) is 0 Å². The number of nitrogens with one attached hydrogen (secondary N) is 1. The summed E-state index contributed by atoms with van der Waals surface area (Å²) >= 11 is 1.82. The van der Waals surface area contributed by atoms with E-state index in [1.165, 1.54) is 15.3 Å². The SMILES string of the molecule is Cc1cc(CNC(C)(C)CO)c(C)s1. The molecule has 0 bridgehead atoms. The van der Waals surface area contributed by atoms with E-state index in [1.807, 2.05) is 25.2 Å². The van der Waals surface area contributed by atoms with Gasteiger partial charge in [0, 0.05) is 21.8 Å². The van der Waals surface area contributed by atoms with E-state index < -0.39 is 0 Å². The molecule has 2 N–H and O–H groups in total. The first-order valence-electron chi connectivity index (χ1n) is 4.86. The topological polar surface area (TPSA) is 32.3 Å². The minimum absolute atomic E-state index is 0.162. The number of aliphatic hydroxyl groups is 1. The molecule has 0 aliphatic rings. The third kappa shape index (κ3) is 3.08. The van der Waals surface area contributed by atoms with E-state index in [2.05, 4.69) is 25.2 Å². The Kier molecular flexibility index (Phi) is 3.70. The zero-order chi connectivity index (χ0) is 10.8. The van der Waals surface area contributed by atoms with E-state index in [-0.39, 0.29) is 12.1 Å². The van der Waals surface area contributed by atoms with Crippen LogP contribution in [0.2, 0.25) is 0 Å². The molecule has 3 heteroatoms. The van der Waals surface area contributed by atoms with E-state index in [0.717, 1.165) is 6.54 Å². The fourth-order valence-electron chi connectivity index (χ4n) is 1.25. The molecule has 0 spiro atoms. The van der Waals surface area contributed by atoms with E-state index >= 15 is 0 Å². The van der Waals surface area contributed by atoms with Gasteiger partial charge >= 0.3 is 0 Å². The van der Waals surface area contributed by atoms with Crippen molar-refractivity contribution in [3.05, 3.63) is 21.4 Å². The molecule has 0 amide bonds. The van der Waals surface area contributed by atoms with Gasteiger partial charge in [0.05, 0.1) is 6.61 Å². The largest absolute Gasteiger partial charge is 0.394 e. The number of aliphatic hydroxyl groups excluding tert-OH is 1. The summed E-state index contributed by atoms with van der Waals surface area (Å²) in [6.45, 7) is 9.26. The molecule has 0 unspecified atom stereocenters. The predicted molar refractivity (Wildman–Crippen MR) is 61.8 cm³/mol. The molecule has 0 fully saturated rings. The van der Waals surface area contributed by atoms with Gasteiger partial charge in [-0.25, -0.2) is 0 Å². The Morgan fingerprint density at radius 1 is 1.43 bits per heavy atom. The Morgan fingerprint density at radius 3 is 2.50 bits per heavy atom. The minimum Gasteiger partial charge on any atom is -0.394 e. The third-order valence-corrected chi connectivity index (χ3v) is 3.30. The molecule has 1 aromatic heterocycles. The lowest BCUT2D eigenvalue weighted by molar-refractivity contribution is 0.187. The van der Waals surface area contributed by atoms with E-state index in [4.69, 9.17) is 5.11 Å². The molecular formula is C11H19NOS. The second kappa shape index (κ2) is 4.43. The molecule has 1 aromatic rings. The van der Waals surface area contributed by atoms with Crippen LogP contribution in [0.4, 0.5) is 0 Å². The highest BCUT2D eigenvalue weighted by Gasteiger charge is 2.15. The van der Waals surface area contributed by atoms with Crippen LogP contribution in [0.25, 0.3) is 0 Å². The van der Waals surface area contributed by atoms with Crippen molar-refractivity contribution in [2.45, 2.75) is 39.8 Å². The van der Waals surface area contributed by atoms with E-state index in [0.29, 0.717) is 0 Å². The summed E-state index contributed by atoms with van der Waals surface area (Å²) in [4.78, 5) is 2.71. The Hall–Kier alpha value is -0.380. The Balaban J connectivity index is 2.58. The molecule has 0 aliphatic carbocycles. The molecule has 0 saturated carbocycles. The van der Waals surface area contributed by atoms with Crippen LogP contribution in [-0.4, -0.2) is 17.3 Å². The zero-order valence-corrected chi connectivity index (χ0v) is 10.2. The summed E-state index contributed by atoms with van der Waals surface area (Å²) in [6, 6.07) is 2.21. The van der Waals surface area contributed by atoms with Gasteiger partial charge in [-0.05, 0) is 39.3 Å². The maximum absolute atomic E-state index is 9.09. The fourth-order valence-corrected chi connectivity index (χ4v) is 2.20. The predicted octanol–water partition coefficient (Wildman–Crippen LogP) is 2.23. The number of rotatable bonds is 4. The molecule has 14 heavy (non-hydrogen) atoms. The van der Waals surface area contributed by atoms with Gasteiger partial charge in [-0.2, -0.15) is 0 Å². The van der Waals surface area contributed by atoms with Crippen molar-refractivity contribution >= 4 is 11.3 Å². The van der Waals surface area contributed by atoms with Crippen LogP contribution in [0.15, 0.2) is 6.07 Å². The maximum Gasteiger partial charge on any atom is 0.0607 e. The molecule has 1 rings (SSSR count). The highest BCUT2D eigenvalue weighted by atomic mass is 32.1. The van der Waals surface area contributed by atoms with Crippen molar-refractivity contribution in [2.24, 2.45) is 0 Å². The molecule has 80 valence electrons. The molecule has 0 atom stereocenters. The fraction of sp³-hybridized carbons (Fsp3) is 0.636. The molecule has 0 aromatic carbocycles. The molecule has 0 saturated heterocycles. The van der Waals surface area contributed by atoms with Crippen LogP contribution in [0.5, 0.6) is 0 Å². The first-order chi connectivity index (χ1) is 6.44. The van der Waals surface area contributed by atoms with Crippen molar-refractivity contribution < 1.29 is 5.11 Å². The first kappa shape index (κ1) is 11.7. The maximum atomic E-state index is 9.09. The Bertz CT molecular complexity index is 304. The van der Waals surface area contributed by atoms with Gasteiger partial charge in [0.1, 0.15) is 0 Å². The van der Waals surface area contributed by atoms with E-state index in [9.17, 15) is 0 Å². The highest BCUT2D eigenvalue weighted by Crippen LogP contribution is 2.20. The summed E-state index contributed by atoms with van der Waals surface area (Å²) < 4.78 is 0. The van der Waals surface area contributed by atoms with Crippen molar-refractivity contribution in [3.63, 3.8) is 0 Å². The van der Waals surface area contributed by atoms with Crippen LogP contribution in [0, 0.1) is 13.8 Å². The van der Waals surface area contributed by atoms with Crippen LogP contribution in [0.3, 0.4) is 0 Å². The standard InChI is InChI=1S/C11H19NOS/c1-8-5-10(9(2)14-8)6-12-11(3,4)7-13/h5,12-13H,6-7H2,1-4H3. The average Bonchev–Trinajstić information content (AvgIpc) is 2.42. The van der Waals surface area contributed by atoms with Crippen LogP contribution < -0.4 is 5.32 Å². The summed E-state index contributed by atoms with van der Waals surface area (Å²) in [5.41, 5.74) is 1.15. The summed E-state index contributed by atoms with van der Waals surface area (Å²) in [5, 5.41) is 12.4. The monoisotopic (exact) mass is 213 g/mol. The van der Waals surface area contributed by atoms with Crippen LogP contribution in [-0.2, 0) is 6.54 Å². The Labute approximate surface area is 90.0 Å². The first-order valence-corrected chi connectivity index (χ1v) is 5.68. The number of hydrogen-bond donors (Lipinski definition) is 2. The van der Waals surface area contributed by atoms with E-state index in [1.54, 1.807) is 0 Å². The third-order valence-electron chi connectivity index (χ3n) is 2.30. The minimum atomic E-state index is -0.192. The molecule has 0 radical (unpaired) electrons. The number of aryl methyl sites for hydroxylation is 2. The molecule has 1 heterocycles. The number of thiophene rings is 1. The normalized spacial score (nSPS) is 12.1. The molecule has 0 aliphatic heterocycles. The number of hydrogen-bond acceptors (Lipinski definition) is 3. The molecular weight excluding hydrogens is 194 g/mol. The van der Waals surface area contributed by atoms with Gasteiger partial charge in [0.15, 0.2) is 0 Å². The van der Waals surface area contributed by atoms with Crippen molar-refractivity contribution in [2.75, 3.05) is 6.61 Å². The lowest BCUT2D eigenvalue weighted by Gasteiger charge is -2.23. The Morgan fingerprint density at radius 2 is 2.07 bits per heavy atom. The van der Waals surface area contributed by atoms with Crippen molar-refractivity contribution in [1.82, 2.24) is 5.32 Å². The van der Waals surface area contributed by atoms with Crippen LogP contribution >= 0.6 is 11.3 Å². The van der Waals surface area contributed by atoms with Gasteiger partial charge in [-0.1, -0.05) is 0 Å². The summed E-state index contributed by atoms with van der Waals surface area (Å²) in [7, 11) is 0. The van der Waals surface area contributed by atoms with Crippen molar-refractivity contribution in [3.8, 4) is 0 Å². The van der Waals surface area contributed by atoms with Gasteiger partial charge < -0.3 is 10.4 Å². The summed E-state index contributed by atoms with van der Waals surface area (Å²) in [5.74, 6) is 0. The van der Waals surface area contributed by atoms with Crippen LogP contribution in [0.1, 0.15) is 29.2 Å². The van der Waals surface area contributed by atoms with Gasteiger partial charge in [-0.15, -0.1) is 11.3 Å². The second-order valence-corrected chi connectivity index (χ2v) is 5.79. The van der Waals surface area contributed by atoms with Gasteiger partial charge in [0.2, 0.25) is 0 Å². The smallest absolute Gasteiger partial charge is 0.0607 e. The summed E-state index contributed by atoms with van der Waals surface area (Å²) in [6.07, 6.45) is 0. The second-order valence-electron chi connectivity index (χ2n) is 4.33. The lowest BCUT2D eigenvalue weighted by atomic mass is 10.1. The van der Waals surface area contributed by atoms with Crippen molar-refractivity contribution in [1.29, 1.82) is 0 Å². The zero-order valence-electron chi connectivity index (χ0n) is 9.35. The molecule has 2 nitrogen and oxygen atoms in total. The quantitative estimate of drug-likeness (QED) is 0.804. The average molecular weight is 213 g/mol. The van der Waals surface area contributed by atoms with Gasteiger partial charge in [0.25, 0.3) is 0 Å². The lowest BCUT2D eigenvalue weighted by Crippen LogP contribution is -2.42.